The molecule has 3 heteroatoms. The maximum atomic E-state index is 6.10. The van der Waals surface area contributed by atoms with Crippen molar-refractivity contribution in [3.8, 4) is 0 Å². The lowest BCUT2D eigenvalue weighted by Crippen LogP contribution is -2.24. The van der Waals surface area contributed by atoms with Crippen LogP contribution in [0.25, 0.3) is 0 Å². The van der Waals surface area contributed by atoms with Crippen LogP contribution in [0.2, 0.25) is 0 Å². The predicted molar refractivity (Wildman–Crippen MR) is 84.8 cm³/mol. The number of para-hydroxylation sites is 1. The van der Waals surface area contributed by atoms with Gasteiger partial charge in [0.1, 0.15) is 0 Å². The summed E-state index contributed by atoms with van der Waals surface area (Å²) < 4.78 is 0. The number of aromatic nitrogens is 1. The van der Waals surface area contributed by atoms with Crippen molar-refractivity contribution in [2.75, 3.05) is 11.9 Å². The highest BCUT2D eigenvalue weighted by Crippen LogP contribution is 2.22. The highest BCUT2D eigenvalue weighted by Gasteiger charge is 2.10. The van der Waals surface area contributed by atoms with Crippen LogP contribution < -0.4 is 10.6 Å². The third kappa shape index (κ3) is 3.81. The Morgan fingerprint density at radius 1 is 1.15 bits per heavy atom. The van der Waals surface area contributed by atoms with Gasteiger partial charge in [-0.25, -0.2) is 0 Å². The van der Waals surface area contributed by atoms with Crippen molar-refractivity contribution < 1.29 is 0 Å². The smallest absolute Gasteiger partial charge is 0.0598 e. The number of hydrogen-bond acceptors (Lipinski definition) is 3. The van der Waals surface area contributed by atoms with E-state index in [0.29, 0.717) is 0 Å². The molecule has 2 rings (SSSR count). The van der Waals surface area contributed by atoms with Gasteiger partial charge in [0, 0.05) is 25.0 Å². The van der Waals surface area contributed by atoms with Crippen LogP contribution in [0.1, 0.15) is 24.6 Å². The van der Waals surface area contributed by atoms with E-state index in [1.54, 1.807) is 0 Å². The highest BCUT2D eigenvalue weighted by molar-refractivity contribution is 5.53. The number of nitrogens with two attached hydrogens (primary N) is 1. The second-order valence-corrected chi connectivity index (χ2v) is 5.18. The lowest BCUT2D eigenvalue weighted by molar-refractivity contribution is 0.645. The fourth-order valence-corrected chi connectivity index (χ4v) is 2.30. The maximum absolute atomic E-state index is 6.10. The number of hydrogen-bond donors (Lipinski definition) is 1. The minimum atomic E-state index is 0.222. The van der Waals surface area contributed by atoms with E-state index in [1.807, 2.05) is 18.3 Å². The Balaban J connectivity index is 2.15. The van der Waals surface area contributed by atoms with Crippen LogP contribution in [-0.2, 0) is 13.0 Å². The first-order valence-electron chi connectivity index (χ1n) is 7.15. The number of benzene rings is 1. The Kier molecular flexibility index (Phi) is 5.13. The Labute approximate surface area is 121 Å². The normalized spacial score (nSPS) is 12.2. The molecule has 1 unspecified atom stereocenters. The lowest BCUT2D eigenvalue weighted by Gasteiger charge is -2.23. The summed E-state index contributed by atoms with van der Waals surface area (Å²) in [4.78, 5) is 6.62. The van der Waals surface area contributed by atoms with Crippen LogP contribution in [0, 0.1) is 0 Å². The van der Waals surface area contributed by atoms with E-state index in [2.05, 4.69) is 54.2 Å². The molecule has 1 heterocycles. The van der Waals surface area contributed by atoms with Crippen molar-refractivity contribution in [1.82, 2.24) is 4.98 Å². The molecule has 20 heavy (non-hydrogen) atoms. The quantitative estimate of drug-likeness (QED) is 0.876. The molecule has 0 aliphatic rings. The number of nitrogens with zero attached hydrogens (tertiary/aromatic N) is 2. The zero-order valence-corrected chi connectivity index (χ0v) is 12.3. The topological polar surface area (TPSA) is 42.1 Å². The van der Waals surface area contributed by atoms with E-state index < -0.39 is 0 Å². The van der Waals surface area contributed by atoms with Gasteiger partial charge in [-0.2, -0.15) is 0 Å². The molecule has 0 spiro atoms. The van der Waals surface area contributed by atoms with Crippen molar-refractivity contribution >= 4 is 5.69 Å². The zero-order valence-electron chi connectivity index (χ0n) is 12.3. The molecule has 0 bridgehead atoms. The first-order chi connectivity index (χ1) is 9.70. The van der Waals surface area contributed by atoms with E-state index in [-0.39, 0.29) is 6.04 Å². The van der Waals surface area contributed by atoms with E-state index >= 15 is 0 Å². The average molecular weight is 269 g/mol. The van der Waals surface area contributed by atoms with E-state index in [4.69, 9.17) is 5.73 Å². The number of anilines is 1. The molecule has 1 aromatic heterocycles. The van der Waals surface area contributed by atoms with Crippen molar-refractivity contribution in [2.24, 2.45) is 5.73 Å². The van der Waals surface area contributed by atoms with Crippen molar-refractivity contribution in [3.05, 3.63) is 59.9 Å². The average Bonchev–Trinajstić information content (AvgIpc) is 2.48. The standard InChI is InChI=1S/C17H23N3/c1-3-15(18)12-14-8-4-5-10-17(14)20(2)13-16-9-6-7-11-19-16/h4-11,15H,3,12-13,18H2,1-2H3. The van der Waals surface area contributed by atoms with Gasteiger partial charge in [0.25, 0.3) is 0 Å². The van der Waals surface area contributed by atoms with Gasteiger partial charge in [0.2, 0.25) is 0 Å². The van der Waals surface area contributed by atoms with Crippen molar-refractivity contribution in [1.29, 1.82) is 0 Å². The summed E-state index contributed by atoms with van der Waals surface area (Å²) in [5.41, 5.74) is 9.71. The molecule has 106 valence electrons. The second-order valence-electron chi connectivity index (χ2n) is 5.18. The molecular formula is C17H23N3. The molecule has 3 nitrogen and oxygen atoms in total. The number of rotatable bonds is 6. The lowest BCUT2D eigenvalue weighted by atomic mass is 10.0. The largest absolute Gasteiger partial charge is 0.368 e. The monoisotopic (exact) mass is 269 g/mol. The summed E-state index contributed by atoms with van der Waals surface area (Å²) in [6.45, 7) is 2.93. The van der Waals surface area contributed by atoms with Crippen LogP contribution in [0.15, 0.2) is 48.7 Å². The molecule has 0 aliphatic carbocycles. The third-order valence-electron chi connectivity index (χ3n) is 3.53. The van der Waals surface area contributed by atoms with Gasteiger partial charge in [-0.1, -0.05) is 31.2 Å². The second kappa shape index (κ2) is 7.06. The summed E-state index contributed by atoms with van der Waals surface area (Å²) in [5.74, 6) is 0. The summed E-state index contributed by atoms with van der Waals surface area (Å²) in [6, 6.07) is 14.7. The molecule has 0 aliphatic heterocycles. The zero-order chi connectivity index (χ0) is 14.4. The van der Waals surface area contributed by atoms with Crippen LogP contribution in [0.4, 0.5) is 5.69 Å². The molecule has 0 radical (unpaired) electrons. The minimum Gasteiger partial charge on any atom is -0.368 e. The first-order valence-corrected chi connectivity index (χ1v) is 7.15. The summed E-state index contributed by atoms with van der Waals surface area (Å²) >= 11 is 0. The van der Waals surface area contributed by atoms with Gasteiger partial charge in [-0.05, 0) is 36.6 Å². The molecule has 0 fully saturated rings. The highest BCUT2D eigenvalue weighted by atomic mass is 15.1. The fraction of sp³-hybridized carbons (Fsp3) is 0.353. The van der Waals surface area contributed by atoms with Crippen molar-refractivity contribution in [2.45, 2.75) is 32.4 Å². The first kappa shape index (κ1) is 14.5. The fourth-order valence-electron chi connectivity index (χ4n) is 2.30. The Morgan fingerprint density at radius 3 is 2.60 bits per heavy atom. The third-order valence-corrected chi connectivity index (χ3v) is 3.53. The number of pyridine rings is 1. The van der Waals surface area contributed by atoms with E-state index in [0.717, 1.165) is 25.1 Å². The van der Waals surface area contributed by atoms with Crippen LogP contribution >= 0.6 is 0 Å². The van der Waals surface area contributed by atoms with Crippen LogP contribution in [0.5, 0.6) is 0 Å². The van der Waals surface area contributed by atoms with Gasteiger partial charge in [0.05, 0.1) is 12.2 Å². The van der Waals surface area contributed by atoms with E-state index in [9.17, 15) is 0 Å². The van der Waals surface area contributed by atoms with Gasteiger partial charge < -0.3 is 10.6 Å². The SMILES string of the molecule is CCC(N)Cc1ccccc1N(C)Cc1ccccn1. The van der Waals surface area contributed by atoms with Crippen LogP contribution in [0.3, 0.4) is 0 Å². The minimum absolute atomic E-state index is 0.222. The summed E-state index contributed by atoms with van der Waals surface area (Å²) in [7, 11) is 2.10. The van der Waals surface area contributed by atoms with Gasteiger partial charge in [-0.3, -0.25) is 4.98 Å². The Bertz CT molecular complexity index is 525. The van der Waals surface area contributed by atoms with Gasteiger partial charge >= 0.3 is 0 Å². The van der Waals surface area contributed by atoms with Crippen molar-refractivity contribution in [3.63, 3.8) is 0 Å². The van der Waals surface area contributed by atoms with E-state index in [1.165, 1.54) is 11.3 Å². The Morgan fingerprint density at radius 2 is 1.90 bits per heavy atom. The summed E-state index contributed by atoms with van der Waals surface area (Å²) in [5, 5.41) is 0. The molecule has 2 aromatic rings. The molecule has 2 N–H and O–H groups in total. The molecule has 1 atom stereocenters. The molecule has 0 amide bonds. The Hall–Kier alpha value is -1.87. The maximum Gasteiger partial charge on any atom is 0.0598 e. The van der Waals surface area contributed by atoms with Crippen LogP contribution in [-0.4, -0.2) is 18.1 Å². The molecule has 0 saturated heterocycles. The molecule has 1 aromatic carbocycles. The van der Waals surface area contributed by atoms with Gasteiger partial charge in [-0.15, -0.1) is 0 Å². The molecular weight excluding hydrogens is 246 g/mol. The summed E-state index contributed by atoms with van der Waals surface area (Å²) in [6.07, 6.45) is 3.75. The van der Waals surface area contributed by atoms with Gasteiger partial charge in [0.15, 0.2) is 0 Å². The predicted octanol–water partition coefficient (Wildman–Crippen LogP) is 3.00. The molecule has 0 saturated carbocycles.